The van der Waals surface area contributed by atoms with Gasteiger partial charge >= 0.3 is 0 Å². The number of anilines is 1. The fourth-order valence-corrected chi connectivity index (χ4v) is 8.05. The highest BCUT2D eigenvalue weighted by atomic mass is 35.5. The molecule has 0 spiro atoms. The molecule has 1 fully saturated rings. The van der Waals surface area contributed by atoms with Gasteiger partial charge in [0, 0.05) is 18.2 Å². The Bertz CT molecular complexity index is 1490. The van der Waals surface area contributed by atoms with E-state index < -0.39 is 10.0 Å². The van der Waals surface area contributed by atoms with E-state index >= 15 is 0 Å². The van der Waals surface area contributed by atoms with Crippen LogP contribution >= 0.6 is 22.9 Å². The Hall–Kier alpha value is -2.72. The van der Waals surface area contributed by atoms with Crippen molar-refractivity contribution in [1.82, 2.24) is 9.29 Å². The Morgan fingerprint density at radius 1 is 1.11 bits per heavy atom. The maximum atomic E-state index is 13.8. The number of hydrogen-bond donors (Lipinski definition) is 0. The first-order valence-corrected chi connectivity index (χ1v) is 15.4. The van der Waals surface area contributed by atoms with Crippen LogP contribution in [-0.2, 0) is 16.6 Å². The van der Waals surface area contributed by atoms with Crippen molar-refractivity contribution in [2.24, 2.45) is 0 Å². The number of aromatic nitrogens is 1. The molecule has 0 N–H and O–H groups in total. The van der Waals surface area contributed by atoms with Gasteiger partial charge in [-0.15, -0.1) is 0 Å². The first-order valence-electron chi connectivity index (χ1n) is 12.8. The zero-order chi connectivity index (χ0) is 26.9. The molecular weight excluding hydrogens is 542 g/mol. The summed E-state index contributed by atoms with van der Waals surface area (Å²) < 4.78 is 34.9. The number of furan rings is 1. The highest BCUT2D eigenvalue weighted by molar-refractivity contribution is 7.89. The second-order valence-electron chi connectivity index (χ2n) is 9.53. The van der Waals surface area contributed by atoms with Gasteiger partial charge in [0.15, 0.2) is 5.13 Å². The van der Waals surface area contributed by atoms with Crippen molar-refractivity contribution in [2.45, 2.75) is 63.4 Å². The molecule has 38 heavy (non-hydrogen) atoms. The number of halogens is 1. The summed E-state index contributed by atoms with van der Waals surface area (Å²) in [4.78, 5) is 20.3. The molecule has 0 bridgehead atoms. The number of fused-ring (bicyclic) bond motifs is 1. The van der Waals surface area contributed by atoms with E-state index in [9.17, 15) is 13.2 Å². The van der Waals surface area contributed by atoms with E-state index in [0.29, 0.717) is 28.0 Å². The number of benzene rings is 2. The SMILES string of the molecule is CCN(C1CCCCC1)S(=O)(=O)c1ccc(C(=O)N(Cc2ccco2)c2nc3c(C)ccc(Cl)c3s2)cc1. The lowest BCUT2D eigenvalue weighted by atomic mass is 9.95. The Morgan fingerprint density at radius 2 is 1.84 bits per heavy atom. The third kappa shape index (κ3) is 5.25. The maximum Gasteiger partial charge on any atom is 0.260 e. The molecule has 0 aliphatic heterocycles. The fraction of sp³-hybridized carbons (Fsp3) is 0.357. The van der Waals surface area contributed by atoms with E-state index in [4.69, 9.17) is 21.0 Å². The van der Waals surface area contributed by atoms with E-state index in [2.05, 4.69) is 0 Å². The predicted molar refractivity (Wildman–Crippen MR) is 151 cm³/mol. The van der Waals surface area contributed by atoms with Gasteiger partial charge in [-0.05, 0) is 67.8 Å². The van der Waals surface area contributed by atoms with Crippen LogP contribution in [0, 0.1) is 6.92 Å². The quantitative estimate of drug-likeness (QED) is 0.226. The average Bonchev–Trinajstić information content (AvgIpc) is 3.61. The summed E-state index contributed by atoms with van der Waals surface area (Å²) >= 11 is 7.77. The van der Waals surface area contributed by atoms with E-state index in [0.717, 1.165) is 47.9 Å². The van der Waals surface area contributed by atoms with Crippen molar-refractivity contribution in [3.8, 4) is 0 Å². The molecule has 7 nitrogen and oxygen atoms in total. The fourth-order valence-electron chi connectivity index (χ4n) is 5.05. The number of sulfonamides is 1. The van der Waals surface area contributed by atoms with Gasteiger partial charge in [-0.3, -0.25) is 9.69 Å². The number of carbonyl (C=O) groups is 1. The van der Waals surface area contributed by atoms with E-state index in [-0.39, 0.29) is 23.4 Å². The van der Waals surface area contributed by atoms with Gasteiger partial charge in [0.1, 0.15) is 5.76 Å². The summed E-state index contributed by atoms with van der Waals surface area (Å²) in [6.07, 6.45) is 6.58. The molecule has 1 aliphatic rings. The highest BCUT2D eigenvalue weighted by Crippen LogP contribution is 2.37. The molecule has 0 unspecified atom stereocenters. The number of aryl methyl sites for hydroxylation is 1. The smallest absolute Gasteiger partial charge is 0.260 e. The van der Waals surface area contributed by atoms with Gasteiger partial charge in [0.2, 0.25) is 10.0 Å². The van der Waals surface area contributed by atoms with Crippen LogP contribution in [0.4, 0.5) is 5.13 Å². The molecule has 1 amide bonds. The zero-order valence-electron chi connectivity index (χ0n) is 21.4. The topological polar surface area (TPSA) is 83.7 Å². The van der Waals surface area contributed by atoms with Gasteiger partial charge in [-0.25, -0.2) is 13.4 Å². The molecule has 4 aromatic rings. The van der Waals surface area contributed by atoms with Gasteiger partial charge in [0.05, 0.1) is 32.9 Å². The van der Waals surface area contributed by atoms with Gasteiger partial charge in [-0.2, -0.15) is 4.31 Å². The predicted octanol–water partition coefficient (Wildman–Crippen LogP) is 7.04. The number of thiazole rings is 1. The lowest BCUT2D eigenvalue weighted by Gasteiger charge is -2.32. The van der Waals surface area contributed by atoms with E-state index in [1.807, 2.05) is 26.0 Å². The number of hydrogen-bond acceptors (Lipinski definition) is 6. The van der Waals surface area contributed by atoms with Crippen molar-refractivity contribution < 1.29 is 17.6 Å². The molecule has 0 radical (unpaired) electrons. The van der Waals surface area contributed by atoms with Crippen LogP contribution in [0.5, 0.6) is 0 Å². The van der Waals surface area contributed by atoms with Crippen molar-refractivity contribution in [3.05, 3.63) is 76.7 Å². The summed E-state index contributed by atoms with van der Waals surface area (Å²) in [6, 6.07) is 13.5. The minimum atomic E-state index is -3.67. The molecule has 1 aliphatic carbocycles. The van der Waals surface area contributed by atoms with Crippen molar-refractivity contribution >= 4 is 54.2 Å². The molecule has 0 saturated heterocycles. The number of carbonyl (C=O) groups excluding carboxylic acids is 1. The third-order valence-corrected chi connectivity index (χ3v) is 10.6. The largest absolute Gasteiger partial charge is 0.467 e. The van der Waals surface area contributed by atoms with Crippen LogP contribution < -0.4 is 4.90 Å². The number of amides is 1. The van der Waals surface area contributed by atoms with Crippen LogP contribution in [-0.4, -0.2) is 36.2 Å². The lowest BCUT2D eigenvalue weighted by molar-refractivity contribution is 0.0983. The minimum absolute atomic E-state index is 0.0261. The molecule has 0 atom stereocenters. The third-order valence-electron chi connectivity index (χ3n) is 7.06. The minimum Gasteiger partial charge on any atom is -0.467 e. The van der Waals surface area contributed by atoms with Crippen LogP contribution in [0.1, 0.15) is 60.7 Å². The summed E-state index contributed by atoms with van der Waals surface area (Å²) in [6.45, 7) is 4.42. The summed E-state index contributed by atoms with van der Waals surface area (Å²) in [5.41, 5.74) is 2.07. The summed E-state index contributed by atoms with van der Waals surface area (Å²) in [7, 11) is -3.67. The molecule has 2 aromatic heterocycles. The molecule has 10 heteroatoms. The van der Waals surface area contributed by atoms with Crippen LogP contribution in [0.25, 0.3) is 10.2 Å². The number of rotatable bonds is 8. The first kappa shape index (κ1) is 26.9. The Labute approximate surface area is 232 Å². The second-order valence-corrected chi connectivity index (χ2v) is 12.8. The second kappa shape index (κ2) is 11.2. The van der Waals surface area contributed by atoms with Crippen molar-refractivity contribution in [1.29, 1.82) is 0 Å². The first-order chi connectivity index (χ1) is 18.3. The molecule has 2 heterocycles. The van der Waals surface area contributed by atoms with Gasteiger partial charge in [0.25, 0.3) is 5.91 Å². The molecular formula is C28H30ClN3O4S2. The van der Waals surface area contributed by atoms with Gasteiger partial charge < -0.3 is 4.42 Å². The van der Waals surface area contributed by atoms with Crippen LogP contribution in [0.15, 0.2) is 64.1 Å². The zero-order valence-corrected chi connectivity index (χ0v) is 23.8. The van der Waals surface area contributed by atoms with Crippen molar-refractivity contribution in [2.75, 3.05) is 11.4 Å². The van der Waals surface area contributed by atoms with E-state index in [1.165, 1.54) is 23.5 Å². The lowest BCUT2D eigenvalue weighted by Crippen LogP contribution is -2.41. The van der Waals surface area contributed by atoms with E-state index in [1.54, 1.807) is 39.7 Å². The standard InChI is InChI=1S/C28H30ClN3O4S2/c1-3-32(21-8-5-4-6-9-21)38(34,35)23-14-12-20(13-15-23)27(33)31(18-22-10-7-17-36-22)28-30-25-19(2)11-16-24(29)26(25)37-28/h7,10-17,21H,3-6,8-9,18H2,1-2H3. The Kier molecular flexibility index (Phi) is 7.90. The van der Waals surface area contributed by atoms with Crippen LogP contribution in [0.2, 0.25) is 5.02 Å². The molecule has 2 aromatic carbocycles. The summed E-state index contributed by atoms with van der Waals surface area (Å²) in [5, 5.41) is 1.07. The molecule has 1 saturated carbocycles. The Morgan fingerprint density at radius 3 is 2.47 bits per heavy atom. The van der Waals surface area contributed by atoms with Gasteiger partial charge in [-0.1, -0.05) is 55.2 Å². The van der Waals surface area contributed by atoms with Crippen LogP contribution in [0.3, 0.4) is 0 Å². The normalized spacial score (nSPS) is 14.8. The summed E-state index contributed by atoms with van der Waals surface area (Å²) in [5.74, 6) is 0.295. The highest BCUT2D eigenvalue weighted by Gasteiger charge is 2.31. The maximum absolute atomic E-state index is 13.8. The number of nitrogens with zero attached hydrogens (tertiary/aromatic N) is 3. The molecule has 200 valence electrons. The Balaban J connectivity index is 1.46. The average molecular weight is 572 g/mol. The molecule has 5 rings (SSSR count). The van der Waals surface area contributed by atoms with Crippen molar-refractivity contribution in [3.63, 3.8) is 0 Å². The monoisotopic (exact) mass is 571 g/mol.